The number of thiocarbonyl (C=S) groups is 1. The molecule has 0 unspecified atom stereocenters. The zero-order chi connectivity index (χ0) is 14.6. The summed E-state index contributed by atoms with van der Waals surface area (Å²) in [4.78, 5) is 11.2. The van der Waals surface area contributed by atoms with E-state index in [-0.39, 0.29) is 9.88 Å². The molecule has 104 valence electrons. The monoisotopic (exact) mass is 302 g/mol. The van der Waals surface area contributed by atoms with Gasteiger partial charge in [0, 0.05) is 5.56 Å². The Balaban J connectivity index is 3.02. The number of benzene rings is 1. The number of rotatable bonds is 5. The van der Waals surface area contributed by atoms with Crippen molar-refractivity contribution in [2.24, 2.45) is 5.73 Å². The molecule has 0 saturated heterocycles. The van der Waals surface area contributed by atoms with E-state index < -0.39 is 22.5 Å². The smallest absolute Gasteiger partial charge is 0.320 e. The van der Waals surface area contributed by atoms with E-state index in [0.29, 0.717) is 11.1 Å². The third kappa shape index (κ3) is 3.98. The molecule has 0 atom stereocenters. The average Bonchev–Trinajstić information content (AvgIpc) is 2.35. The van der Waals surface area contributed by atoms with Gasteiger partial charge in [-0.2, -0.15) is 4.72 Å². The predicted molar refractivity (Wildman–Crippen MR) is 74.3 cm³/mol. The zero-order valence-corrected chi connectivity index (χ0v) is 12.1. The Morgan fingerprint density at radius 1 is 1.47 bits per heavy atom. The Morgan fingerprint density at radius 3 is 2.58 bits per heavy atom. The van der Waals surface area contributed by atoms with Gasteiger partial charge in [0.25, 0.3) is 0 Å². The van der Waals surface area contributed by atoms with E-state index in [2.05, 4.69) is 9.46 Å². The molecule has 0 saturated carbocycles. The van der Waals surface area contributed by atoms with Crippen LogP contribution in [0, 0.1) is 6.92 Å². The van der Waals surface area contributed by atoms with Crippen molar-refractivity contribution in [3.8, 4) is 0 Å². The lowest BCUT2D eigenvalue weighted by molar-refractivity contribution is -0.139. The van der Waals surface area contributed by atoms with Gasteiger partial charge >= 0.3 is 5.97 Å². The van der Waals surface area contributed by atoms with Gasteiger partial charge in [-0.25, -0.2) is 8.42 Å². The highest BCUT2D eigenvalue weighted by Gasteiger charge is 2.18. The van der Waals surface area contributed by atoms with Crippen molar-refractivity contribution in [3.63, 3.8) is 0 Å². The fraction of sp³-hybridized carbons (Fsp3) is 0.273. The Kier molecular flexibility index (Phi) is 4.98. The topological polar surface area (TPSA) is 98.5 Å². The highest BCUT2D eigenvalue weighted by molar-refractivity contribution is 7.89. The number of carbonyl (C=O) groups excluding carboxylic acids is 1. The molecular weight excluding hydrogens is 288 g/mol. The summed E-state index contributed by atoms with van der Waals surface area (Å²) >= 11 is 4.81. The van der Waals surface area contributed by atoms with E-state index in [1.807, 2.05) is 0 Å². The predicted octanol–water partition coefficient (Wildman–Crippen LogP) is 0.0805. The first-order chi connectivity index (χ1) is 8.77. The molecule has 6 nitrogen and oxygen atoms in total. The van der Waals surface area contributed by atoms with E-state index in [1.54, 1.807) is 13.0 Å². The number of esters is 1. The number of nitrogens with one attached hydrogen (secondary N) is 1. The molecule has 0 aliphatic rings. The number of hydrogen-bond acceptors (Lipinski definition) is 5. The maximum Gasteiger partial charge on any atom is 0.320 e. The summed E-state index contributed by atoms with van der Waals surface area (Å²) < 4.78 is 30.5. The van der Waals surface area contributed by atoms with Crippen LogP contribution in [0.5, 0.6) is 0 Å². The van der Waals surface area contributed by atoms with Gasteiger partial charge in [-0.1, -0.05) is 18.3 Å². The Morgan fingerprint density at radius 2 is 2.11 bits per heavy atom. The highest BCUT2D eigenvalue weighted by Crippen LogP contribution is 2.16. The van der Waals surface area contributed by atoms with Gasteiger partial charge in [-0.15, -0.1) is 0 Å². The summed E-state index contributed by atoms with van der Waals surface area (Å²) in [5.41, 5.74) is 6.53. The van der Waals surface area contributed by atoms with Gasteiger partial charge in [0.1, 0.15) is 11.5 Å². The molecular formula is C11H14N2O4S2. The number of aryl methyl sites for hydroxylation is 1. The van der Waals surface area contributed by atoms with Gasteiger partial charge < -0.3 is 10.5 Å². The first-order valence-electron chi connectivity index (χ1n) is 5.25. The molecule has 0 fully saturated rings. The second kappa shape index (κ2) is 6.09. The van der Waals surface area contributed by atoms with Crippen molar-refractivity contribution in [3.05, 3.63) is 29.3 Å². The minimum absolute atomic E-state index is 0.0661. The summed E-state index contributed by atoms with van der Waals surface area (Å²) in [7, 11) is -2.59. The Bertz CT molecular complexity index is 611. The quantitative estimate of drug-likeness (QED) is 0.590. The van der Waals surface area contributed by atoms with E-state index in [4.69, 9.17) is 18.0 Å². The number of ether oxygens (including phenoxy) is 1. The van der Waals surface area contributed by atoms with E-state index in [9.17, 15) is 13.2 Å². The third-order valence-corrected chi connectivity index (χ3v) is 4.18. The normalized spacial score (nSPS) is 11.1. The van der Waals surface area contributed by atoms with Crippen LogP contribution in [0.25, 0.3) is 0 Å². The van der Waals surface area contributed by atoms with Crippen LogP contribution in [-0.4, -0.2) is 33.0 Å². The molecule has 1 rings (SSSR count). The van der Waals surface area contributed by atoms with E-state index in [0.717, 1.165) is 0 Å². The second-order valence-electron chi connectivity index (χ2n) is 3.75. The van der Waals surface area contributed by atoms with Crippen LogP contribution >= 0.6 is 12.2 Å². The summed E-state index contributed by atoms with van der Waals surface area (Å²) in [6, 6.07) is 4.49. The second-order valence-corrected chi connectivity index (χ2v) is 5.92. The van der Waals surface area contributed by atoms with Crippen LogP contribution in [0.2, 0.25) is 0 Å². The maximum absolute atomic E-state index is 12.0. The minimum atomic E-state index is -3.77. The van der Waals surface area contributed by atoms with Gasteiger partial charge in [0.05, 0.1) is 12.0 Å². The Hall–Kier alpha value is -1.51. The molecule has 0 aromatic heterocycles. The number of hydrogen-bond donors (Lipinski definition) is 2. The van der Waals surface area contributed by atoms with Crippen molar-refractivity contribution in [1.29, 1.82) is 0 Å². The molecule has 8 heteroatoms. The van der Waals surface area contributed by atoms with Crippen LogP contribution in [0.1, 0.15) is 11.1 Å². The summed E-state index contributed by atoms with van der Waals surface area (Å²) in [6.45, 7) is 1.20. The third-order valence-electron chi connectivity index (χ3n) is 2.38. The SMILES string of the molecule is COC(=O)CNS(=O)(=O)c1ccc(C(N)=S)cc1C. The molecule has 1 aromatic rings. The largest absolute Gasteiger partial charge is 0.468 e. The van der Waals surface area contributed by atoms with Crippen LogP contribution in [0.15, 0.2) is 23.1 Å². The molecule has 0 heterocycles. The zero-order valence-electron chi connectivity index (χ0n) is 10.5. The van der Waals surface area contributed by atoms with Gasteiger partial charge in [0.2, 0.25) is 10.0 Å². The lowest BCUT2D eigenvalue weighted by atomic mass is 10.1. The molecule has 0 amide bonds. The summed E-state index contributed by atoms with van der Waals surface area (Å²) in [6.07, 6.45) is 0. The van der Waals surface area contributed by atoms with E-state index >= 15 is 0 Å². The standard InChI is InChI=1S/C11H14N2O4S2/c1-7-5-8(11(12)18)3-4-9(7)19(15,16)13-6-10(14)17-2/h3-5,13H,6H2,1-2H3,(H2,12,18). The number of methoxy groups -OCH3 is 1. The molecule has 3 N–H and O–H groups in total. The minimum Gasteiger partial charge on any atom is -0.468 e. The van der Waals surface area contributed by atoms with Crippen LogP contribution < -0.4 is 10.5 Å². The number of nitrogens with two attached hydrogens (primary N) is 1. The fourth-order valence-electron chi connectivity index (χ4n) is 1.41. The van der Waals surface area contributed by atoms with E-state index in [1.165, 1.54) is 19.2 Å². The van der Waals surface area contributed by atoms with Crippen LogP contribution in [-0.2, 0) is 19.6 Å². The number of carbonyl (C=O) groups is 1. The van der Waals surface area contributed by atoms with Crippen LogP contribution in [0.3, 0.4) is 0 Å². The number of sulfonamides is 1. The summed E-state index contributed by atoms with van der Waals surface area (Å²) in [5, 5.41) is 0. The highest BCUT2D eigenvalue weighted by atomic mass is 32.2. The molecule has 19 heavy (non-hydrogen) atoms. The Labute approximate surface area is 117 Å². The van der Waals surface area contributed by atoms with Crippen molar-refractivity contribution >= 4 is 33.2 Å². The molecule has 0 spiro atoms. The lowest BCUT2D eigenvalue weighted by Gasteiger charge is -2.09. The van der Waals surface area contributed by atoms with Crippen LogP contribution in [0.4, 0.5) is 0 Å². The molecule has 0 aliphatic carbocycles. The lowest BCUT2D eigenvalue weighted by Crippen LogP contribution is -2.30. The van der Waals surface area contributed by atoms with Gasteiger partial charge in [-0.05, 0) is 24.6 Å². The molecule has 1 aromatic carbocycles. The van der Waals surface area contributed by atoms with Gasteiger partial charge in [-0.3, -0.25) is 4.79 Å². The van der Waals surface area contributed by atoms with Crippen molar-refractivity contribution < 1.29 is 17.9 Å². The van der Waals surface area contributed by atoms with Crippen molar-refractivity contribution in [1.82, 2.24) is 4.72 Å². The van der Waals surface area contributed by atoms with Crippen molar-refractivity contribution in [2.75, 3.05) is 13.7 Å². The maximum atomic E-state index is 12.0. The average molecular weight is 302 g/mol. The fourth-order valence-corrected chi connectivity index (χ4v) is 2.73. The van der Waals surface area contributed by atoms with Crippen molar-refractivity contribution in [2.45, 2.75) is 11.8 Å². The summed E-state index contributed by atoms with van der Waals surface area (Å²) in [5.74, 6) is -0.666. The first kappa shape index (κ1) is 15.5. The molecule has 0 bridgehead atoms. The molecule has 0 aliphatic heterocycles. The van der Waals surface area contributed by atoms with Gasteiger partial charge in [0.15, 0.2) is 0 Å². The first-order valence-corrected chi connectivity index (χ1v) is 7.14. The molecule has 0 radical (unpaired) electrons.